The van der Waals surface area contributed by atoms with Crippen molar-refractivity contribution in [1.29, 1.82) is 0 Å². The van der Waals surface area contributed by atoms with E-state index in [2.05, 4.69) is 9.72 Å². The first-order chi connectivity index (χ1) is 8.07. The Labute approximate surface area is 97.1 Å². The van der Waals surface area contributed by atoms with Crippen molar-refractivity contribution >= 4 is 17.8 Å². The molecule has 0 aliphatic rings. The van der Waals surface area contributed by atoms with Crippen molar-refractivity contribution < 1.29 is 19.1 Å². The monoisotopic (exact) mass is 237 g/mol. The molecule has 1 heterocycles. The average Bonchev–Trinajstić information content (AvgIpc) is 2.37. The average molecular weight is 237 g/mol. The number of rotatable bonds is 2. The third-order valence-corrected chi connectivity index (χ3v) is 1.80. The molecule has 1 aromatic rings. The summed E-state index contributed by atoms with van der Waals surface area (Å²) in [7, 11) is 0. The number of pyridine rings is 1. The van der Waals surface area contributed by atoms with E-state index in [9.17, 15) is 14.4 Å². The van der Waals surface area contributed by atoms with E-state index < -0.39 is 17.8 Å². The van der Waals surface area contributed by atoms with Gasteiger partial charge in [-0.05, 0) is 19.1 Å². The van der Waals surface area contributed by atoms with Crippen LogP contribution < -0.4 is 5.84 Å². The van der Waals surface area contributed by atoms with Crippen LogP contribution in [-0.4, -0.2) is 34.4 Å². The molecule has 0 bridgehead atoms. The number of ether oxygens (including phenoxy) is 1. The highest BCUT2D eigenvalue weighted by Crippen LogP contribution is 2.00. The van der Waals surface area contributed by atoms with Crippen LogP contribution in [0.25, 0.3) is 0 Å². The maximum absolute atomic E-state index is 11.6. The lowest BCUT2D eigenvalue weighted by Crippen LogP contribution is -2.46. The second-order valence-corrected chi connectivity index (χ2v) is 2.94. The minimum Gasteiger partial charge on any atom is -0.459 e. The summed E-state index contributed by atoms with van der Waals surface area (Å²) in [6.45, 7) is 1.56. The maximum atomic E-state index is 11.6. The number of esters is 1. The van der Waals surface area contributed by atoms with E-state index >= 15 is 0 Å². The highest BCUT2D eigenvalue weighted by molar-refractivity contribution is 6.35. The molecular weight excluding hydrogens is 226 g/mol. The van der Waals surface area contributed by atoms with Crippen LogP contribution in [0.15, 0.2) is 24.5 Å². The summed E-state index contributed by atoms with van der Waals surface area (Å²) >= 11 is 0. The SMILES string of the molecule is CCOC(=O)C(=O)N(N)C(=O)c1cccnc1. The van der Waals surface area contributed by atoms with Gasteiger partial charge in [-0.2, -0.15) is 0 Å². The van der Waals surface area contributed by atoms with Crippen LogP contribution in [0.4, 0.5) is 0 Å². The molecule has 0 spiro atoms. The zero-order valence-electron chi connectivity index (χ0n) is 9.12. The van der Waals surface area contributed by atoms with Crippen LogP contribution in [0.1, 0.15) is 17.3 Å². The van der Waals surface area contributed by atoms with E-state index in [1.54, 1.807) is 0 Å². The molecule has 17 heavy (non-hydrogen) atoms. The second-order valence-electron chi connectivity index (χ2n) is 2.94. The van der Waals surface area contributed by atoms with Gasteiger partial charge in [-0.1, -0.05) is 0 Å². The molecule has 0 aliphatic heterocycles. The summed E-state index contributed by atoms with van der Waals surface area (Å²) in [4.78, 5) is 37.7. The molecule has 1 rings (SSSR count). The van der Waals surface area contributed by atoms with Crippen LogP contribution in [-0.2, 0) is 14.3 Å². The molecule has 0 aliphatic carbocycles. The van der Waals surface area contributed by atoms with Gasteiger partial charge in [0, 0.05) is 12.4 Å². The van der Waals surface area contributed by atoms with Gasteiger partial charge in [-0.15, -0.1) is 0 Å². The molecule has 1 aromatic heterocycles. The molecule has 7 heteroatoms. The van der Waals surface area contributed by atoms with Gasteiger partial charge in [-0.25, -0.2) is 15.6 Å². The van der Waals surface area contributed by atoms with Crippen LogP contribution in [0, 0.1) is 0 Å². The lowest BCUT2D eigenvalue weighted by Gasteiger charge is -2.12. The standard InChI is InChI=1S/C10H11N3O4/c1-2-17-10(16)9(15)13(11)8(14)7-4-3-5-12-6-7/h3-6H,2,11H2,1H3. The highest BCUT2D eigenvalue weighted by atomic mass is 16.5. The van der Waals surface area contributed by atoms with Gasteiger partial charge >= 0.3 is 11.9 Å². The minimum atomic E-state index is -1.22. The normalized spacial score (nSPS) is 9.53. The molecule has 0 radical (unpaired) electrons. The van der Waals surface area contributed by atoms with Crippen molar-refractivity contribution in [3.05, 3.63) is 30.1 Å². The Kier molecular flexibility index (Phi) is 4.29. The van der Waals surface area contributed by atoms with Crippen LogP contribution in [0.5, 0.6) is 0 Å². The zero-order valence-corrected chi connectivity index (χ0v) is 9.12. The topological polar surface area (TPSA) is 103 Å². The van der Waals surface area contributed by atoms with Crippen molar-refractivity contribution in [3.8, 4) is 0 Å². The number of hydrogen-bond acceptors (Lipinski definition) is 6. The molecule has 0 atom stereocenters. The maximum Gasteiger partial charge on any atom is 0.398 e. The van der Waals surface area contributed by atoms with Gasteiger partial charge in [0.15, 0.2) is 0 Å². The summed E-state index contributed by atoms with van der Waals surface area (Å²) < 4.78 is 4.43. The summed E-state index contributed by atoms with van der Waals surface area (Å²) in [6, 6.07) is 2.93. The van der Waals surface area contributed by atoms with Gasteiger partial charge in [0.25, 0.3) is 5.91 Å². The van der Waals surface area contributed by atoms with E-state index in [4.69, 9.17) is 5.84 Å². The second kappa shape index (κ2) is 5.71. The van der Waals surface area contributed by atoms with E-state index in [-0.39, 0.29) is 17.2 Å². The summed E-state index contributed by atoms with van der Waals surface area (Å²) in [5.74, 6) is 2.01. The minimum absolute atomic E-state index is 0.0273. The van der Waals surface area contributed by atoms with Crippen molar-refractivity contribution in [3.63, 3.8) is 0 Å². The van der Waals surface area contributed by atoms with Gasteiger partial charge < -0.3 is 4.74 Å². The third-order valence-electron chi connectivity index (χ3n) is 1.80. The first-order valence-electron chi connectivity index (χ1n) is 4.78. The van der Waals surface area contributed by atoms with Gasteiger partial charge in [0.1, 0.15) is 0 Å². The van der Waals surface area contributed by atoms with E-state index in [0.29, 0.717) is 0 Å². The summed E-state index contributed by atoms with van der Waals surface area (Å²) in [5.41, 5.74) is 0.104. The van der Waals surface area contributed by atoms with Crippen LogP contribution in [0.3, 0.4) is 0 Å². The molecule has 2 amide bonds. The van der Waals surface area contributed by atoms with Crippen LogP contribution in [0.2, 0.25) is 0 Å². The molecule has 0 aromatic carbocycles. The van der Waals surface area contributed by atoms with Gasteiger partial charge in [0.2, 0.25) is 0 Å². The Hall–Kier alpha value is -2.28. The van der Waals surface area contributed by atoms with Gasteiger partial charge in [-0.3, -0.25) is 14.6 Å². The number of hydrogen-bond donors (Lipinski definition) is 1. The number of imide groups is 1. The van der Waals surface area contributed by atoms with Crippen molar-refractivity contribution in [2.75, 3.05) is 6.61 Å². The van der Waals surface area contributed by atoms with Crippen molar-refractivity contribution in [2.24, 2.45) is 5.84 Å². The Morgan fingerprint density at radius 3 is 2.71 bits per heavy atom. The Morgan fingerprint density at radius 2 is 2.18 bits per heavy atom. The quantitative estimate of drug-likeness (QED) is 0.244. The van der Waals surface area contributed by atoms with Crippen molar-refractivity contribution in [1.82, 2.24) is 9.99 Å². The summed E-state index contributed by atoms with van der Waals surface area (Å²) in [6.07, 6.45) is 2.70. The largest absolute Gasteiger partial charge is 0.459 e. The highest BCUT2D eigenvalue weighted by Gasteiger charge is 2.26. The first kappa shape index (κ1) is 12.8. The molecule has 0 fully saturated rings. The fourth-order valence-corrected chi connectivity index (χ4v) is 1.01. The fraction of sp³-hybridized carbons (Fsp3) is 0.200. The number of carbonyl (C=O) groups excluding carboxylic acids is 3. The lowest BCUT2D eigenvalue weighted by molar-refractivity contribution is -0.158. The lowest BCUT2D eigenvalue weighted by atomic mass is 10.2. The molecule has 2 N–H and O–H groups in total. The fourth-order valence-electron chi connectivity index (χ4n) is 1.01. The number of carbonyl (C=O) groups is 3. The molecule has 0 saturated carbocycles. The predicted octanol–water partition coefficient (Wildman–Crippen LogP) is -0.513. The number of hydrazine groups is 1. The Morgan fingerprint density at radius 1 is 1.47 bits per heavy atom. The summed E-state index contributed by atoms with van der Waals surface area (Å²) in [5, 5.41) is 0.203. The third kappa shape index (κ3) is 3.08. The van der Waals surface area contributed by atoms with Crippen molar-refractivity contribution in [2.45, 2.75) is 6.92 Å². The molecule has 0 saturated heterocycles. The van der Waals surface area contributed by atoms with Gasteiger partial charge in [0.05, 0.1) is 12.2 Å². The number of aromatic nitrogens is 1. The smallest absolute Gasteiger partial charge is 0.398 e. The first-order valence-corrected chi connectivity index (χ1v) is 4.78. The van der Waals surface area contributed by atoms with E-state index in [0.717, 1.165) is 0 Å². The molecule has 90 valence electrons. The Bertz CT molecular complexity index is 432. The van der Waals surface area contributed by atoms with E-state index in [1.807, 2.05) is 0 Å². The van der Waals surface area contributed by atoms with E-state index in [1.165, 1.54) is 31.5 Å². The number of nitrogens with two attached hydrogens (primary N) is 1. The zero-order chi connectivity index (χ0) is 12.8. The number of nitrogens with zero attached hydrogens (tertiary/aromatic N) is 2. The van der Waals surface area contributed by atoms with Crippen LogP contribution >= 0.6 is 0 Å². The molecule has 7 nitrogen and oxygen atoms in total. The molecule has 0 unspecified atom stereocenters. The molecular formula is C10H11N3O4. The Balaban J connectivity index is 2.77. The predicted molar refractivity (Wildman–Crippen MR) is 56.2 cm³/mol. The number of amides is 2.